The monoisotopic (exact) mass is 406 g/mol. The Morgan fingerprint density at radius 1 is 1.12 bits per heavy atom. The van der Waals surface area contributed by atoms with Crippen LogP contribution in [0.15, 0.2) is 41.1 Å². The lowest BCUT2D eigenvalue weighted by Crippen LogP contribution is -2.32. The lowest BCUT2D eigenvalue weighted by Gasteiger charge is -2.13. The molecule has 10 heteroatoms. The van der Waals surface area contributed by atoms with Crippen molar-refractivity contribution in [3.8, 4) is 10.6 Å². The maximum absolute atomic E-state index is 12.5. The Morgan fingerprint density at radius 3 is 2.62 bits per heavy atom. The minimum absolute atomic E-state index is 0.324. The minimum atomic E-state index is -3.54. The van der Waals surface area contributed by atoms with Gasteiger partial charge in [-0.15, -0.1) is 22.7 Å². The van der Waals surface area contributed by atoms with Gasteiger partial charge in [-0.1, -0.05) is 6.07 Å². The number of thiophene rings is 1. The first-order valence-electron chi connectivity index (χ1n) is 7.55. The Kier molecular flexibility index (Phi) is 3.98. The Labute approximate surface area is 158 Å². The van der Waals surface area contributed by atoms with Crippen LogP contribution in [0.5, 0.6) is 0 Å². The Bertz CT molecular complexity index is 1090. The molecule has 26 heavy (non-hydrogen) atoms. The molecule has 3 heterocycles. The van der Waals surface area contributed by atoms with E-state index >= 15 is 0 Å². The van der Waals surface area contributed by atoms with Gasteiger partial charge in [0, 0.05) is 25.2 Å². The molecule has 1 aromatic carbocycles. The average Bonchev–Trinajstić information content (AvgIpc) is 3.33. The molecule has 1 amide bonds. The van der Waals surface area contributed by atoms with Crippen molar-refractivity contribution in [1.29, 1.82) is 0 Å². The van der Waals surface area contributed by atoms with Gasteiger partial charge in [0.25, 0.3) is 5.91 Å². The number of fused-ring (bicyclic) bond motifs is 1. The van der Waals surface area contributed by atoms with Crippen molar-refractivity contribution in [2.24, 2.45) is 0 Å². The molecule has 3 aromatic rings. The van der Waals surface area contributed by atoms with Crippen molar-refractivity contribution >= 4 is 55.9 Å². The van der Waals surface area contributed by atoms with Crippen molar-refractivity contribution in [2.45, 2.75) is 0 Å². The Hall–Kier alpha value is -2.43. The summed E-state index contributed by atoms with van der Waals surface area (Å²) in [5.74, 6) is -0.324. The van der Waals surface area contributed by atoms with Gasteiger partial charge < -0.3 is 5.32 Å². The molecule has 0 saturated carbocycles. The molecule has 1 aliphatic heterocycles. The molecule has 0 bridgehead atoms. The number of thiazole rings is 1. The van der Waals surface area contributed by atoms with Crippen LogP contribution in [0.2, 0.25) is 0 Å². The van der Waals surface area contributed by atoms with E-state index in [0.29, 0.717) is 22.1 Å². The summed E-state index contributed by atoms with van der Waals surface area (Å²) in [4.78, 5) is 17.8. The van der Waals surface area contributed by atoms with Crippen LogP contribution in [0.1, 0.15) is 9.80 Å². The molecule has 0 fully saturated rings. The third-order valence-electron chi connectivity index (χ3n) is 4.08. The molecule has 2 aromatic heterocycles. The second-order valence-corrected chi connectivity index (χ2v) is 9.41. The number of hydrogen-bond acceptors (Lipinski definition) is 6. The standard InChI is InChI=1S/C16H14N4O3S3/c1-19-12-6-5-10(8-13(12)20(2)26(19,22)23)17-15(21)16-18-11(9-25-16)14-4-3-7-24-14/h3-9H,1-2H3,(H,17,21). The van der Waals surface area contributed by atoms with Gasteiger partial charge in [-0.3, -0.25) is 13.4 Å². The first-order chi connectivity index (χ1) is 12.4. The number of nitrogens with zero attached hydrogens (tertiary/aromatic N) is 3. The maximum atomic E-state index is 12.5. The van der Waals surface area contributed by atoms with Crippen LogP contribution in [-0.2, 0) is 10.2 Å². The van der Waals surface area contributed by atoms with E-state index in [1.54, 1.807) is 29.5 Å². The van der Waals surface area contributed by atoms with Crippen molar-refractivity contribution in [1.82, 2.24) is 4.98 Å². The third-order valence-corrected chi connectivity index (χ3v) is 7.59. The van der Waals surface area contributed by atoms with Crippen LogP contribution in [0.25, 0.3) is 10.6 Å². The zero-order valence-corrected chi connectivity index (χ0v) is 16.3. The first kappa shape index (κ1) is 17.0. The molecule has 1 aliphatic rings. The third kappa shape index (κ3) is 2.66. The summed E-state index contributed by atoms with van der Waals surface area (Å²) in [7, 11) is -0.556. The number of carbonyl (C=O) groups excluding carboxylic acids is 1. The van der Waals surface area contributed by atoms with Crippen LogP contribution in [0.4, 0.5) is 17.1 Å². The minimum Gasteiger partial charge on any atom is -0.320 e. The number of nitrogens with one attached hydrogen (secondary N) is 1. The number of amides is 1. The molecule has 0 saturated heterocycles. The summed E-state index contributed by atoms with van der Waals surface area (Å²) in [6, 6.07) is 8.88. The fourth-order valence-electron chi connectivity index (χ4n) is 2.65. The van der Waals surface area contributed by atoms with Crippen LogP contribution in [-0.4, -0.2) is 33.4 Å². The number of carbonyl (C=O) groups is 1. The molecule has 0 radical (unpaired) electrons. The predicted molar refractivity (Wildman–Crippen MR) is 106 cm³/mol. The molecule has 134 valence electrons. The highest BCUT2D eigenvalue weighted by Crippen LogP contribution is 2.40. The van der Waals surface area contributed by atoms with Crippen molar-refractivity contribution in [2.75, 3.05) is 28.0 Å². The topological polar surface area (TPSA) is 82.6 Å². The Morgan fingerprint density at radius 2 is 1.88 bits per heavy atom. The van der Waals surface area contributed by atoms with Crippen molar-refractivity contribution in [3.63, 3.8) is 0 Å². The second-order valence-electron chi connectivity index (χ2n) is 5.62. The molecular formula is C16H14N4O3S3. The smallest absolute Gasteiger partial charge is 0.320 e. The van der Waals surface area contributed by atoms with E-state index < -0.39 is 10.2 Å². The molecule has 7 nitrogen and oxygen atoms in total. The fraction of sp³-hybridized carbons (Fsp3) is 0.125. The van der Waals surface area contributed by atoms with Gasteiger partial charge in [0.15, 0.2) is 5.01 Å². The highest BCUT2D eigenvalue weighted by molar-refractivity contribution is 7.94. The van der Waals surface area contributed by atoms with Crippen LogP contribution >= 0.6 is 22.7 Å². The first-order valence-corrected chi connectivity index (χ1v) is 10.7. The van der Waals surface area contributed by atoms with Gasteiger partial charge in [-0.2, -0.15) is 8.42 Å². The zero-order chi connectivity index (χ0) is 18.5. The SMILES string of the molecule is CN1c2ccc(NC(=O)c3nc(-c4cccs4)cs3)cc2N(C)S1(=O)=O. The molecule has 1 N–H and O–H groups in total. The van der Waals surface area contributed by atoms with Gasteiger partial charge in [-0.25, -0.2) is 4.98 Å². The summed E-state index contributed by atoms with van der Waals surface area (Å²) in [6.45, 7) is 0. The molecule has 0 atom stereocenters. The highest BCUT2D eigenvalue weighted by atomic mass is 32.2. The van der Waals surface area contributed by atoms with E-state index in [0.717, 1.165) is 10.6 Å². The summed E-state index contributed by atoms with van der Waals surface area (Å²) in [5.41, 5.74) is 2.37. The van der Waals surface area contributed by atoms with Gasteiger partial charge in [0.05, 0.1) is 21.9 Å². The maximum Gasteiger partial charge on any atom is 0.326 e. The van der Waals surface area contributed by atoms with Crippen molar-refractivity contribution in [3.05, 3.63) is 46.1 Å². The summed E-state index contributed by atoms with van der Waals surface area (Å²) < 4.78 is 26.8. The molecule has 0 unspecified atom stereocenters. The Balaban J connectivity index is 1.57. The van der Waals surface area contributed by atoms with Crippen molar-refractivity contribution < 1.29 is 13.2 Å². The quantitative estimate of drug-likeness (QED) is 0.724. The number of hydrogen-bond donors (Lipinski definition) is 1. The fourth-order valence-corrected chi connectivity index (χ4v) is 5.29. The van der Waals surface area contributed by atoms with E-state index in [2.05, 4.69) is 10.3 Å². The van der Waals surface area contributed by atoms with Crippen LogP contribution in [0, 0.1) is 0 Å². The number of aromatic nitrogens is 1. The molecular weight excluding hydrogens is 392 g/mol. The molecule has 0 spiro atoms. The van der Waals surface area contributed by atoms with E-state index in [1.165, 1.54) is 34.0 Å². The predicted octanol–water partition coefficient (Wildman–Crippen LogP) is 3.25. The zero-order valence-electron chi connectivity index (χ0n) is 13.8. The molecule has 4 rings (SSSR count). The summed E-state index contributed by atoms with van der Waals surface area (Å²) in [5, 5.41) is 6.94. The normalized spacial score (nSPS) is 15.2. The molecule has 0 aliphatic carbocycles. The van der Waals surface area contributed by atoms with Gasteiger partial charge in [0.2, 0.25) is 0 Å². The van der Waals surface area contributed by atoms with Gasteiger partial charge >= 0.3 is 10.2 Å². The summed E-state index contributed by atoms with van der Waals surface area (Å²) in [6.07, 6.45) is 0. The number of anilines is 3. The van der Waals surface area contributed by atoms with E-state index in [1.807, 2.05) is 22.9 Å². The highest BCUT2D eigenvalue weighted by Gasteiger charge is 2.35. The number of benzene rings is 1. The summed E-state index contributed by atoms with van der Waals surface area (Å²) >= 11 is 2.83. The van der Waals surface area contributed by atoms with Crippen LogP contribution < -0.4 is 13.9 Å². The van der Waals surface area contributed by atoms with Gasteiger partial charge in [0.1, 0.15) is 0 Å². The lowest BCUT2D eigenvalue weighted by atomic mass is 10.2. The lowest BCUT2D eigenvalue weighted by molar-refractivity contribution is 0.102. The van der Waals surface area contributed by atoms with E-state index in [9.17, 15) is 13.2 Å². The van der Waals surface area contributed by atoms with Gasteiger partial charge in [-0.05, 0) is 29.6 Å². The van der Waals surface area contributed by atoms with E-state index in [4.69, 9.17) is 0 Å². The van der Waals surface area contributed by atoms with Crippen LogP contribution in [0.3, 0.4) is 0 Å². The number of rotatable bonds is 3. The average molecular weight is 407 g/mol. The van der Waals surface area contributed by atoms with E-state index in [-0.39, 0.29) is 5.91 Å². The largest absolute Gasteiger partial charge is 0.326 e. The second kappa shape index (κ2) is 6.08.